The fourth-order valence-corrected chi connectivity index (χ4v) is 2.02. The lowest BCUT2D eigenvalue weighted by molar-refractivity contribution is -0.384. The molecule has 2 N–H and O–H groups in total. The van der Waals surface area contributed by atoms with Gasteiger partial charge in [-0.1, -0.05) is 23.2 Å². The molecule has 0 atom stereocenters. The fourth-order valence-electron chi connectivity index (χ4n) is 1.65. The number of rotatable bonds is 4. The van der Waals surface area contributed by atoms with Crippen LogP contribution < -0.4 is 10.5 Å². The largest absolute Gasteiger partial charge is 0.495 e. The van der Waals surface area contributed by atoms with Gasteiger partial charge in [0, 0.05) is 17.2 Å². The first-order valence-corrected chi connectivity index (χ1v) is 6.66. The van der Waals surface area contributed by atoms with Crippen molar-refractivity contribution in [1.29, 1.82) is 0 Å². The van der Waals surface area contributed by atoms with Gasteiger partial charge in [-0.25, -0.2) is 0 Å². The van der Waals surface area contributed by atoms with Crippen LogP contribution in [0.5, 0.6) is 5.75 Å². The lowest BCUT2D eigenvalue weighted by atomic mass is 10.2. The van der Waals surface area contributed by atoms with E-state index in [4.69, 9.17) is 33.7 Å². The lowest BCUT2D eigenvalue weighted by Gasteiger charge is -2.06. The number of azo groups is 1. The van der Waals surface area contributed by atoms with E-state index in [0.29, 0.717) is 11.4 Å². The third-order valence-corrected chi connectivity index (χ3v) is 3.24. The van der Waals surface area contributed by atoms with E-state index in [-0.39, 0.29) is 27.1 Å². The summed E-state index contributed by atoms with van der Waals surface area (Å²) < 4.78 is 5.06. The van der Waals surface area contributed by atoms with Crippen LogP contribution in [0.4, 0.5) is 22.7 Å². The molecule has 0 aromatic heterocycles. The molecule has 2 aromatic rings. The maximum Gasteiger partial charge on any atom is 0.298 e. The molecular weight excluding hydrogens is 331 g/mol. The number of nitrogens with zero attached hydrogens (tertiary/aromatic N) is 3. The second-order valence-electron chi connectivity index (χ2n) is 4.14. The summed E-state index contributed by atoms with van der Waals surface area (Å²) in [6.07, 6.45) is 0. The second-order valence-corrected chi connectivity index (χ2v) is 4.98. The van der Waals surface area contributed by atoms with Crippen molar-refractivity contribution < 1.29 is 9.66 Å². The average molecular weight is 341 g/mol. The second kappa shape index (κ2) is 6.59. The molecule has 0 radical (unpaired) electrons. The van der Waals surface area contributed by atoms with Crippen LogP contribution >= 0.6 is 23.2 Å². The summed E-state index contributed by atoms with van der Waals surface area (Å²) in [5.41, 5.74) is 6.13. The maximum absolute atomic E-state index is 11.0. The number of nitrogen functional groups attached to an aromatic ring is 1. The predicted octanol–water partition coefficient (Wildman–Crippen LogP) is 4.91. The summed E-state index contributed by atoms with van der Waals surface area (Å²) in [6, 6.07) is 7.02. The van der Waals surface area contributed by atoms with Gasteiger partial charge in [-0.2, -0.15) is 0 Å². The molecule has 0 bridgehead atoms. The lowest BCUT2D eigenvalue weighted by Crippen LogP contribution is -1.91. The Morgan fingerprint density at radius 2 is 1.86 bits per heavy atom. The zero-order valence-electron chi connectivity index (χ0n) is 11.3. The number of nitrogens with two attached hydrogens (primary N) is 1. The molecule has 0 aliphatic rings. The van der Waals surface area contributed by atoms with Crippen LogP contribution in [0.3, 0.4) is 0 Å². The van der Waals surface area contributed by atoms with Crippen molar-refractivity contribution in [2.75, 3.05) is 12.8 Å². The minimum atomic E-state index is -0.592. The number of hydrogen-bond donors (Lipinski definition) is 1. The average Bonchev–Trinajstić information content (AvgIpc) is 2.47. The molecule has 9 heteroatoms. The van der Waals surface area contributed by atoms with Gasteiger partial charge < -0.3 is 10.5 Å². The van der Waals surface area contributed by atoms with Crippen molar-refractivity contribution in [3.63, 3.8) is 0 Å². The molecule has 0 spiro atoms. The first-order chi connectivity index (χ1) is 10.4. The van der Waals surface area contributed by atoms with Gasteiger partial charge in [0.2, 0.25) is 0 Å². The molecule has 0 saturated carbocycles. The highest BCUT2D eigenvalue weighted by Gasteiger charge is 2.14. The number of benzene rings is 2. The molecule has 0 saturated heterocycles. The number of nitro groups is 1. The zero-order chi connectivity index (χ0) is 16.3. The van der Waals surface area contributed by atoms with Crippen LogP contribution in [0, 0.1) is 10.1 Å². The Balaban J connectivity index is 2.43. The van der Waals surface area contributed by atoms with Gasteiger partial charge in [-0.3, -0.25) is 10.1 Å². The fraction of sp³-hybridized carbons (Fsp3) is 0.0769. The van der Waals surface area contributed by atoms with Crippen LogP contribution in [0.1, 0.15) is 0 Å². The quantitative estimate of drug-likeness (QED) is 0.369. The SMILES string of the molecule is COc1cc(N=Nc2ccc(Cl)cc2[N+](=O)[O-])c(Cl)cc1N. The van der Waals surface area contributed by atoms with Crippen LogP contribution in [0.15, 0.2) is 40.6 Å². The Morgan fingerprint density at radius 1 is 1.18 bits per heavy atom. The van der Waals surface area contributed by atoms with Crippen molar-refractivity contribution >= 4 is 46.0 Å². The number of methoxy groups -OCH3 is 1. The highest BCUT2D eigenvalue weighted by atomic mass is 35.5. The van der Waals surface area contributed by atoms with E-state index in [1.807, 2.05) is 0 Å². The summed E-state index contributed by atoms with van der Waals surface area (Å²) in [7, 11) is 1.45. The Hall–Kier alpha value is -2.38. The number of anilines is 1. The highest BCUT2D eigenvalue weighted by molar-refractivity contribution is 6.33. The number of nitro benzene ring substituents is 1. The smallest absolute Gasteiger partial charge is 0.298 e. The first kappa shape index (κ1) is 16.0. The van der Waals surface area contributed by atoms with E-state index in [1.165, 1.54) is 37.4 Å². The molecule has 0 aliphatic heterocycles. The summed E-state index contributed by atoms with van der Waals surface area (Å²) in [4.78, 5) is 10.4. The molecule has 0 unspecified atom stereocenters. The summed E-state index contributed by atoms with van der Waals surface area (Å²) in [5, 5.41) is 19.2. The van der Waals surface area contributed by atoms with Gasteiger partial charge in [0.15, 0.2) is 5.69 Å². The highest BCUT2D eigenvalue weighted by Crippen LogP contribution is 2.37. The van der Waals surface area contributed by atoms with E-state index in [2.05, 4.69) is 10.2 Å². The molecule has 0 fully saturated rings. The molecule has 7 nitrogen and oxygen atoms in total. The van der Waals surface area contributed by atoms with E-state index >= 15 is 0 Å². The van der Waals surface area contributed by atoms with Crippen molar-refractivity contribution in [3.8, 4) is 5.75 Å². The summed E-state index contributed by atoms with van der Waals surface area (Å²) >= 11 is 11.7. The molecule has 0 aliphatic carbocycles. The molecule has 0 amide bonds. The normalized spacial score (nSPS) is 10.9. The minimum Gasteiger partial charge on any atom is -0.495 e. The summed E-state index contributed by atoms with van der Waals surface area (Å²) in [6.45, 7) is 0. The van der Waals surface area contributed by atoms with Crippen LogP contribution in [-0.4, -0.2) is 12.0 Å². The van der Waals surface area contributed by atoms with Crippen LogP contribution in [-0.2, 0) is 0 Å². The molecule has 114 valence electrons. The van der Waals surface area contributed by atoms with Gasteiger partial charge >= 0.3 is 0 Å². The Kier molecular flexibility index (Phi) is 4.79. The predicted molar refractivity (Wildman–Crippen MR) is 84.7 cm³/mol. The Morgan fingerprint density at radius 3 is 2.50 bits per heavy atom. The van der Waals surface area contributed by atoms with Gasteiger partial charge in [-0.15, -0.1) is 10.2 Å². The zero-order valence-corrected chi connectivity index (χ0v) is 12.8. The van der Waals surface area contributed by atoms with Crippen LogP contribution in [0.2, 0.25) is 10.0 Å². The monoisotopic (exact) mass is 340 g/mol. The molecule has 22 heavy (non-hydrogen) atoms. The maximum atomic E-state index is 11.0. The molecule has 2 aromatic carbocycles. The van der Waals surface area contributed by atoms with Gasteiger partial charge in [0.25, 0.3) is 5.69 Å². The molecule has 2 rings (SSSR count). The molecule has 0 heterocycles. The van der Waals surface area contributed by atoms with E-state index in [9.17, 15) is 10.1 Å². The van der Waals surface area contributed by atoms with Crippen molar-refractivity contribution in [1.82, 2.24) is 0 Å². The van der Waals surface area contributed by atoms with Gasteiger partial charge in [0.05, 0.1) is 22.7 Å². The van der Waals surface area contributed by atoms with E-state index in [0.717, 1.165) is 0 Å². The van der Waals surface area contributed by atoms with Gasteiger partial charge in [0.1, 0.15) is 11.4 Å². The van der Waals surface area contributed by atoms with Crippen LogP contribution in [0.25, 0.3) is 0 Å². The topological polar surface area (TPSA) is 103 Å². The third-order valence-electron chi connectivity index (χ3n) is 2.70. The Bertz CT molecular complexity index is 765. The number of halogens is 2. The standard InChI is InChI=1S/C13H10Cl2N4O3/c1-22-13-6-11(8(15)5-9(13)16)18-17-10-3-2-7(14)4-12(10)19(20)21/h2-6H,16H2,1H3. The Labute approximate surface area is 135 Å². The third kappa shape index (κ3) is 3.44. The van der Waals surface area contributed by atoms with Gasteiger partial charge in [-0.05, 0) is 18.2 Å². The minimum absolute atomic E-state index is 0.0567. The van der Waals surface area contributed by atoms with Crippen molar-refractivity contribution in [3.05, 3.63) is 50.5 Å². The van der Waals surface area contributed by atoms with Crippen molar-refractivity contribution in [2.45, 2.75) is 0 Å². The molecular formula is C13H10Cl2N4O3. The first-order valence-electron chi connectivity index (χ1n) is 5.91. The number of ether oxygens (including phenoxy) is 1. The van der Waals surface area contributed by atoms with Crippen molar-refractivity contribution in [2.24, 2.45) is 10.2 Å². The van der Waals surface area contributed by atoms with E-state index in [1.54, 1.807) is 0 Å². The summed E-state index contributed by atoms with van der Waals surface area (Å²) in [5.74, 6) is 0.379. The van der Waals surface area contributed by atoms with E-state index < -0.39 is 4.92 Å². The number of hydrogen-bond acceptors (Lipinski definition) is 6.